The Kier molecular flexibility index (Phi) is 7.56. The van der Waals surface area contributed by atoms with Gasteiger partial charge in [0, 0.05) is 11.8 Å². The minimum Gasteiger partial charge on any atom is -0.393 e. The van der Waals surface area contributed by atoms with Crippen LogP contribution in [0.1, 0.15) is 98.8 Å². The van der Waals surface area contributed by atoms with Crippen molar-refractivity contribution >= 4 is 10.1 Å². The van der Waals surface area contributed by atoms with E-state index in [9.17, 15) is 23.7 Å². The van der Waals surface area contributed by atoms with Crippen molar-refractivity contribution < 1.29 is 27.9 Å². The van der Waals surface area contributed by atoms with Crippen molar-refractivity contribution in [1.29, 1.82) is 0 Å². The van der Waals surface area contributed by atoms with Crippen molar-refractivity contribution in [3.8, 4) is 0 Å². The van der Waals surface area contributed by atoms with Crippen LogP contribution < -0.4 is 0 Å². The Morgan fingerprint density at radius 3 is 2.29 bits per heavy atom. The molecule has 4 aliphatic carbocycles. The van der Waals surface area contributed by atoms with Crippen molar-refractivity contribution in [3.05, 3.63) is 0 Å². The molecule has 0 amide bonds. The summed E-state index contributed by atoms with van der Waals surface area (Å²) in [4.78, 5) is 0. The van der Waals surface area contributed by atoms with E-state index < -0.39 is 27.9 Å². The second-order valence-electron chi connectivity index (χ2n) is 13.7. The predicted molar refractivity (Wildman–Crippen MR) is 137 cm³/mol. The lowest BCUT2D eigenvalue weighted by atomic mass is 9.42. The number of hydrogen-bond acceptors (Lipinski definition) is 6. The van der Waals surface area contributed by atoms with Gasteiger partial charge in [-0.3, -0.25) is 4.18 Å². The largest absolute Gasteiger partial charge is 0.393 e. The average Bonchev–Trinajstić information content (AvgIpc) is 3.10. The molecule has 4 rings (SSSR count). The maximum atomic E-state index is 11.7. The normalized spacial score (nSPS) is 47.6. The summed E-state index contributed by atoms with van der Waals surface area (Å²) in [6.07, 6.45) is 8.27. The lowest BCUT2D eigenvalue weighted by molar-refractivity contribution is -0.264. The van der Waals surface area contributed by atoms with Crippen LogP contribution >= 0.6 is 0 Å². The molecule has 0 spiro atoms. The van der Waals surface area contributed by atoms with Gasteiger partial charge in [0.2, 0.25) is 0 Å². The van der Waals surface area contributed by atoms with E-state index in [4.69, 9.17) is 4.18 Å². The number of aliphatic hydroxyl groups excluding tert-OH is 2. The molecule has 6 nitrogen and oxygen atoms in total. The van der Waals surface area contributed by atoms with Gasteiger partial charge in [-0.15, -0.1) is 0 Å². The Morgan fingerprint density at radius 2 is 1.66 bits per heavy atom. The van der Waals surface area contributed by atoms with Crippen LogP contribution in [0.4, 0.5) is 0 Å². The lowest BCUT2D eigenvalue weighted by Gasteiger charge is -2.65. The molecule has 3 N–H and O–H groups in total. The predicted octanol–water partition coefficient (Wildman–Crippen LogP) is 4.51. The lowest BCUT2D eigenvalue weighted by Crippen LogP contribution is -2.68. The number of aliphatic hydroxyl groups is 3. The molecule has 0 heterocycles. The molecule has 11 atom stereocenters. The third-order valence-electron chi connectivity index (χ3n) is 11.5. The zero-order valence-electron chi connectivity index (χ0n) is 22.7. The van der Waals surface area contributed by atoms with Crippen LogP contribution in [0.5, 0.6) is 0 Å². The van der Waals surface area contributed by atoms with Crippen molar-refractivity contribution in [1.82, 2.24) is 0 Å². The maximum absolute atomic E-state index is 11.7. The van der Waals surface area contributed by atoms with Gasteiger partial charge in [0.25, 0.3) is 10.1 Å². The van der Waals surface area contributed by atoms with E-state index in [0.717, 1.165) is 38.4 Å². The van der Waals surface area contributed by atoms with Crippen LogP contribution in [-0.4, -0.2) is 53.9 Å². The van der Waals surface area contributed by atoms with Crippen molar-refractivity contribution in [2.75, 3.05) is 6.26 Å². The zero-order valence-corrected chi connectivity index (χ0v) is 23.6. The molecule has 0 radical (unpaired) electrons. The van der Waals surface area contributed by atoms with Crippen LogP contribution in [0, 0.1) is 46.3 Å². The molecule has 35 heavy (non-hydrogen) atoms. The Labute approximate surface area is 213 Å². The fourth-order valence-corrected chi connectivity index (χ4v) is 10.3. The third kappa shape index (κ3) is 4.75. The monoisotopic (exact) mass is 514 g/mol. The highest BCUT2D eigenvalue weighted by Gasteiger charge is 2.67. The first-order chi connectivity index (χ1) is 16.1. The highest BCUT2D eigenvalue weighted by molar-refractivity contribution is 7.86. The average molecular weight is 515 g/mol. The molecule has 0 aliphatic heterocycles. The molecule has 0 bridgehead atoms. The molecule has 0 aromatic heterocycles. The van der Waals surface area contributed by atoms with Crippen LogP contribution in [0.3, 0.4) is 0 Å². The second-order valence-corrected chi connectivity index (χ2v) is 15.3. The summed E-state index contributed by atoms with van der Waals surface area (Å²) in [5.74, 6) is 2.57. The first kappa shape index (κ1) is 27.8. The van der Waals surface area contributed by atoms with Crippen molar-refractivity contribution in [2.45, 2.75) is 123 Å². The summed E-state index contributed by atoms with van der Waals surface area (Å²) in [6.45, 7) is 11.0. The van der Waals surface area contributed by atoms with E-state index in [0.29, 0.717) is 48.9 Å². The van der Waals surface area contributed by atoms with Gasteiger partial charge >= 0.3 is 0 Å². The van der Waals surface area contributed by atoms with E-state index in [1.54, 1.807) is 0 Å². The number of rotatable bonds is 7. The molecule has 7 heteroatoms. The van der Waals surface area contributed by atoms with Crippen molar-refractivity contribution in [3.63, 3.8) is 0 Å². The second kappa shape index (κ2) is 9.52. The summed E-state index contributed by atoms with van der Waals surface area (Å²) < 4.78 is 28.9. The Balaban J connectivity index is 1.49. The fourth-order valence-electron chi connectivity index (χ4n) is 9.58. The molecule has 0 aromatic carbocycles. The van der Waals surface area contributed by atoms with Crippen molar-refractivity contribution in [2.24, 2.45) is 46.3 Å². The van der Waals surface area contributed by atoms with Gasteiger partial charge < -0.3 is 15.3 Å². The van der Waals surface area contributed by atoms with E-state index in [1.807, 2.05) is 13.8 Å². The van der Waals surface area contributed by atoms with E-state index >= 15 is 0 Å². The summed E-state index contributed by atoms with van der Waals surface area (Å²) in [5.41, 5.74) is -1.31. The topological polar surface area (TPSA) is 104 Å². The van der Waals surface area contributed by atoms with Crippen LogP contribution in [-0.2, 0) is 14.3 Å². The van der Waals surface area contributed by atoms with Gasteiger partial charge in [0.05, 0.1) is 30.2 Å². The van der Waals surface area contributed by atoms with Gasteiger partial charge in [-0.25, -0.2) is 0 Å². The minimum absolute atomic E-state index is 0.150. The molecule has 4 saturated carbocycles. The van der Waals surface area contributed by atoms with Gasteiger partial charge in [0.1, 0.15) is 0 Å². The number of fused-ring (bicyclic) bond motifs is 5. The van der Waals surface area contributed by atoms with Gasteiger partial charge in [0.15, 0.2) is 0 Å². The van der Waals surface area contributed by atoms with Gasteiger partial charge in [-0.05, 0) is 98.7 Å². The Hall–Kier alpha value is -0.210. The zero-order chi connectivity index (χ0) is 26.0. The summed E-state index contributed by atoms with van der Waals surface area (Å²) in [5, 5.41) is 33.2. The van der Waals surface area contributed by atoms with Crippen LogP contribution in [0.15, 0.2) is 0 Å². The van der Waals surface area contributed by atoms with Crippen LogP contribution in [0.2, 0.25) is 0 Å². The molecular weight excluding hydrogens is 464 g/mol. The third-order valence-corrected chi connectivity index (χ3v) is 12.1. The first-order valence-electron chi connectivity index (χ1n) is 14.1. The molecular formula is C28H50O6S. The summed E-state index contributed by atoms with van der Waals surface area (Å²) in [7, 11) is -3.47. The maximum Gasteiger partial charge on any atom is 0.264 e. The SMILES string of the molecule is CC(C)C(CCC(C)[C@H]1CCC2C3C[C@@H](O)[C@@]4(O)C[C@@H](O)CC[C@]4(C)C3CC[C@@]21C)OS(C)(=O)=O. The summed E-state index contributed by atoms with van der Waals surface area (Å²) >= 11 is 0. The highest BCUT2D eigenvalue weighted by atomic mass is 32.2. The Bertz CT molecular complexity index is 875. The van der Waals surface area contributed by atoms with E-state index in [-0.39, 0.29) is 22.9 Å². The standard InChI is InChI=1S/C28H50O6S/c1-17(2)24(34-35(6,32)33)10-7-18(3)21-8-9-22-20-15-25(30)28(31)16-19(29)11-14-27(28,5)23(20)12-13-26(21,22)4/h17-25,29-31H,7-16H2,1-6H3/t18?,19-,20?,21+,22?,23?,24?,25+,26+,27+,28-/m0/s1. The quantitative estimate of drug-likeness (QED) is 0.432. The molecule has 4 aliphatic rings. The van der Waals surface area contributed by atoms with Crippen LogP contribution in [0.25, 0.3) is 0 Å². The first-order valence-corrected chi connectivity index (χ1v) is 15.9. The molecule has 0 saturated heterocycles. The Morgan fingerprint density at radius 1 is 0.971 bits per heavy atom. The fraction of sp³-hybridized carbons (Fsp3) is 1.00. The molecule has 5 unspecified atom stereocenters. The smallest absolute Gasteiger partial charge is 0.264 e. The summed E-state index contributed by atoms with van der Waals surface area (Å²) in [6, 6.07) is 0. The van der Waals surface area contributed by atoms with Gasteiger partial charge in [-0.2, -0.15) is 8.42 Å². The van der Waals surface area contributed by atoms with Gasteiger partial charge in [-0.1, -0.05) is 34.6 Å². The van der Waals surface area contributed by atoms with E-state index in [1.165, 1.54) is 12.8 Å². The van der Waals surface area contributed by atoms with E-state index in [2.05, 4.69) is 20.8 Å². The number of hydrogen-bond donors (Lipinski definition) is 3. The molecule has 204 valence electrons. The minimum atomic E-state index is -3.47. The molecule has 0 aromatic rings. The molecule has 4 fully saturated rings. The highest BCUT2D eigenvalue weighted by Crippen LogP contribution is 2.69.